The largest absolute Gasteiger partial charge is 0.460 e. The molecule has 6 heteroatoms. The Kier molecular flexibility index (Phi) is 3.14. The highest BCUT2D eigenvalue weighted by Crippen LogP contribution is 2.31. The summed E-state index contributed by atoms with van der Waals surface area (Å²) in [7, 11) is -3.58. The summed E-state index contributed by atoms with van der Waals surface area (Å²) in [5.74, 6) is -0.437. The van der Waals surface area contributed by atoms with Crippen molar-refractivity contribution < 1.29 is 17.9 Å². The first-order chi connectivity index (χ1) is 9.45. The molecule has 2 fully saturated rings. The fraction of sp³-hybridized carbons (Fsp3) is 0.357. The standard InChI is InChI=1S/C14H15NO4S/c1-10-2-4-11(5-3-10)6-7-20(17,18)15-9-12-8-13(15)14(16)19-12/h2-7,12-13H,8-9H2,1H3/b7-6+/t12-,13+/m1/s1. The molecular weight excluding hydrogens is 278 g/mol. The van der Waals surface area contributed by atoms with E-state index >= 15 is 0 Å². The molecule has 0 radical (unpaired) electrons. The molecular formula is C14H15NO4S. The molecule has 1 aromatic carbocycles. The van der Waals surface area contributed by atoms with Gasteiger partial charge in [-0.1, -0.05) is 29.8 Å². The number of morpholine rings is 1. The van der Waals surface area contributed by atoms with Gasteiger partial charge in [-0.2, -0.15) is 4.31 Å². The van der Waals surface area contributed by atoms with Gasteiger partial charge in [-0.05, 0) is 18.6 Å². The zero-order valence-corrected chi connectivity index (χ0v) is 11.8. The van der Waals surface area contributed by atoms with E-state index in [-0.39, 0.29) is 12.6 Å². The van der Waals surface area contributed by atoms with Gasteiger partial charge in [-0.3, -0.25) is 4.79 Å². The van der Waals surface area contributed by atoms with E-state index in [1.54, 1.807) is 6.08 Å². The summed E-state index contributed by atoms with van der Waals surface area (Å²) in [5.41, 5.74) is 1.93. The molecule has 2 aliphatic heterocycles. The van der Waals surface area contributed by atoms with Crippen LogP contribution in [0.3, 0.4) is 0 Å². The molecule has 0 amide bonds. The average molecular weight is 293 g/mol. The first-order valence-electron chi connectivity index (χ1n) is 6.43. The summed E-state index contributed by atoms with van der Waals surface area (Å²) in [5, 5.41) is 1.16. The van der Waals surface area contributed by atoms with Crippen LogP contribution in [0.15, 0.2) is 29.7 Å². The van der Waals surface area contributed by atoms with Gasteiger partial charge in [0.05, 0.1) is 6.54 Å². The molecule has 0 aliphatic carbocycles. The Morgan fingerprint density at radius 3 is 2.60 bits per heavy atom. The number of esters is 1. The Balaban J connectivity index is 1.79. The summed E-state index contributed by atoms with van der Waals surface area (Å²) in [6.07, 6.45) is 1.73. The Morgan fingerprint density at radius 1 is 1.30 bits per heavy atom. The summed E-state index contributed by atoms with van der Waals surface area (Å²) in [6, 6.07) is 6.90. The second kappa shape index (κ2) is 4.71. The maximum Gasteiger partial charge on any atom is 0.324 e. The highest BCUT2D eigenvalue weighted by molar-refractivity contribution is 7.92. The van der Waals surface area contributed by atoms with Gasteiger partial charge >= 0.3 is 5.97 Å². The number of ether oxygens (including phenoxy) is 1. The maximum atomic E-state index is 12.2. The van der Waals surface area contributed by atoms with Crippen LogP contribution >= 0.6 is 0 Å². The Morgan fingerprint density at radius 2 is 2.00 bits per heavy atom. The number of carbonyl (C=O) groups excluding carboxylic acids is 1. The third kappa shape index (κ3) is 2.36. The number of rotatable bonds is 3. The van der Waals surface area contributed by atoms with Gasteiger partial charge in [-0.15, -0.1) is 0 Å². The lowest BCUT2D eigenvalue weighted by molar-refractivity contribution is -0.148. The number of fused-ring (bicyclic) bond motifs is 2. The molecule has 2 saturated heterocycles. The van der Waals surface area contributed by atoms with E-state index in [2.05, 4.69) is 0 Å². The molecule has 5 nitrogen and oxygen atoms in total. The van der Waals surface area contributed by atoms with Gasteiger partial charge < -0.3 is 4.74 Å². The molecule has 0 aromatic heterocycles. The number of aryl methyl sites for hydroxylation is 1. The molecule has 0 N–H and O–H groups in total. The number of sulfonamides is 1. The number of hydrogen-bond acceptors (Lipinski definition) is 4. The molecule has 2 atom stereocenters. The van der Waals surface area contributed by atoms with Crippen molar-refractivity contribution in [3.05, 3.63) is 40.8 Å². The van der Waals surface area contributed by atoms with E-state index in [4.69, 9.17) is 4.74 Å². The van der Waals surface area contributed by atoms with Crippen LogP contribution in [0.2, 0.25) is 0 Å². The van der Waals surface area contributed by atoms with Crippen LogP contribution < -0.4 is 0 Å². The Labute approximate surface area is 117 Å². The van der Waals surface area contributed by atoms with Crippen LogP contribution in [0.5, 0.6) is 0 Å². The average Bonchev–Trinajstić information content (AvgIpc) is 2.97. The molecule has 3 rings (SSSR count). The first kappa shape index (κ1) is 13.3. The van der Waals surface area contributed by atoms with Crippen molar-refractivity contribution in [3.63, 3.8) is 0 Å². The van der Waals surface area contributed by atoms with Crippen molar-refractivity contribution in [3.8, 4) is 0 Å². The lowest BCUT2D eigenvalue weighted by Crippen LogP contribution is -2.43. The SMILES string of the molecule is Cc1ccc(/C=C/S(=O)(=O)N2C[C@H]3C[C@H]2C(=O)O3)cc1. The predicted molar refractivity (Wildman–Crippen MR) is 74.1 cm³/mol. The van der Waals surface area contributed by atoms with Gasteiger partial charge in [-0.25, -0.2) is 8.42 Å². The predicted octanol–water partition coefficient (Wildman–Crippen LogP) is 1.30. The lowest BCUT2D eigenvalue weighted by Gasteiger charge is -2.23. The zero-order valence-electron chi connectivity index (χ0n) is 11.0. The van der Waals surface area contributed by atoms with Crippen LogP contribution in [-0.4, -0.2) is 37.4 Å². The van der Waals surface area contributed by atoms with Crippen molar-refractivity contribution in [1.82, 2.24) is 4.31 Å². The third-order valence-electron chi connectivity index (χ3n) is 3.61. The Hall–Kier alpha value is -1.66. The molecule has 1 aromatic rings. The summed E-state index contributed by atoms with van der Waals surface area (Å²) >= 11 is 0. The fourth-order valence-electron chi connectivity index (χ4n) is 2.51. The highest BCUT2D eigenvalue weighted by atomic mass is 32.2. The number of nitrogens with zero attached hydrogens (tertiary/aromatic N) is 1. The van der Waals surface area contributed by atoms with Crippen LogP contribution in [0.1, 0.15) is 17.5 Å². The highest BCUT2D eigenvalue weighted by Gasteiger charge is 2.50. The topological polar surface area (TPSA) is 63.7 Å². The van der Waals surface area contributed by atoms with Crippen molar-refractivity contribution in [2.45, 2.75) is 25.5 Å². The molecule has 2 heterocycles. The van der Waals surface area contributed by atoms with Gasteiger partial charge in [0.25, 0.3) is 0 Å². The molecule has 0 saturated carbocycles. The van der Waals surface area contributed by atoms with E-state index in [0.717, 1.165) is 16.5 Å². The number of hydrogen-bond donors (Lipinski definition) is 0. The second-order valence-electron chi connectivity index (χ2n) is 5.14. The normalized spacial score (nSPS) is 26.4. The minimum Gasteiger partial charge on any atom is -0.460 e. The molecule has 0 unspecified atom stereocenters. The summed E-state index contributed by atoms with van der Waals surface area (Å²) < 4.78 is 30.7. The van der Waals surface area contributed by atoms with Gasteiger partial charge in [0.1, 0.15) is 12.1 Å². The number of carbonyl (C=O) groups is 1. The lowest BCUT2D eigenvalue weighted by atomic mass is 10.2. The van der Waals surface area contributed by atoms with Crippen molar-refractivity contribution in [2.75, 3.05) is 6.54 Å². The van der Waals surface area contributed by atoms with Gasteiger partial charge in [0, 0.05) is 11.8 Å². The minimum atomic E-state index is -3.58. The van der Waals surface area contributed by atoms with Crippen molar-refractivity contribution in [1.29, 1.82) is 0 Å². The van der Waals surface area contributed by atoms with Crippen molar-refractivity contribution >= 4 is 22.1 Å². The van der Waals surface area contributed by atoms with E-state index in [9.17, 15) is 13.2 Å². The van der Waals surface area contributed by atoms with E-state index in [0.29, 0.717) is 6.42 Å². The van der Waals surface area contributed by atoms with E-state index in [1.165, 1.54) is 4.31 Å². The third-order valence-corrected chi connectivity index (χ3v) is 5.15. The molecule has 20 heavy (non-hydrogen) atoms. The minimum absolute atomic E-state index is 0.261. The molecule has 106 valence electrons. The molecule has 0 spiro atoms. The first-order valence-corrected chi connectivity index (χ1v) is 7.93. The molecule has 2 bridgehead atoms. The second-order valence-corrected chi connectivity index (χ2v) is 6.91. The van der Waals surface area contributed by atoms with Gasteiger partial charge in [0.2, 0.25) is 10.0 Å². The smallest absolute Gasteiger partial charge is 0.324 e. The zero-order chi connectivity index (χ0) is 14.3. The van der Waals surface area contributed by atoms with Crippen molar-refractivity contribution in [2.24, 2.45) is 0 Å². The van der Waals surface area contributed by atoms with Crippen LogP contribution in [-0.2, 0) is 19.6 Å². The summed E-state index contributed by atoms with van der Waals surface area (Å²) in [4.78, 5) is 11.5. The number of benzene rings is 1. The van der Waals surface area contributed by atoms with Crippen LogP contribution in [0.25, 0.3) is 6.08 Å². The van der Waals surface area contributed by atoms with Crippen LogP contribution in [0.4, 0.5) is 0 Å². The van der Waals surface area contributed by atoms with E-state index in [1.807, 2.05) is 31.2 Å². The monoisotopic (exact) mass is 293 g/mol. The van der Waals surface area contributed by atoms with Crippen LogP contribution in [0, 0.1) is 6.92 Å². The summed E-state index contributed by atoms with van der Waals surface area (Å²) in [6.45, 7) is 2.23. The fourth-order valence-corrected chi connectivity index (χ4v) is 3.90. The molecule has 2 aliphatic rings. The Bertz CT molecular complexity index is 663. The van der Waals surface area contributed by atoms with Gasteiger partial charge in [0.15, 0.2) is 0 Å². The maximum absolute atomic E-state index is 12.2. The quantitative estimate of drug-likeness (QED) is 0.788. The van der Waals surface area contributed by atoms with E-state index < -0.39 is 22.0 Å².